The predicted octanol–water partition coefficient (Wildman–Crippen LogP) is 1.72. The molecule has 0 bridgehead atoms. The van der Waals surface area contributed by atoms with Crippen molar-refractivity contribution in [2.24, 2.45) is 0 Å². The van der Waals surface area contributed by atoms with Crippen molar-refractivity contribution < 1.29 is 4.74 Å². The number of nitrogens with one attached hydrogen (secondary N) is 1. The first-order valence-electron chi connectivity index (χ1n) is 7.49. The Hall–Kier alpha value is -0.660. The van der Waals surface area contributed by atoms with E-state index in [4.69, 9.17) is 4.74 Å². The number of ether oxygens (including phenoxy) is 1. The van der Waals surface area contributed by atoms with Gasteiger partial charge in [0.15, 0.2) is 0 Å². The van der Waals surface area contributed by atoms with E-state index in [1.807, 2.05) is 4.68 Å². The van der Waals surface area contributed by atoms with E-state index in [9.17, 15) is 0 Å². The molecule has 0 radical (unpaired) electrons. The summed E-state index contributed by atoms with van der Waals surface area (Å²) < 4.78 is 7.39. The molecule has 0 aromatic carbocycles. The first-order valence-corrected chi connectivity index (χ1v) is 8.37. The monoisotopic (exact) mass is 299 g/mol. The Morgan fingerprint density at radius 3 is 3.10 bits per heavy atom. The summed E-state index contributed by atoms with van der Waals surface area (Å²) in [7, 11) is 1.81. The van der Waals surface area contributed by atoms with Gasteiger partial charge in [-0.05, 0) is 49.1 Å². The molecule has 1 saturated carbocycles. The molecule has 1 aromatic rings. The van der Waals surface area contributed by atoms with Crippen molar-refractivity contribution in [2.45, 2.75) is 62.1 Å². The molecular weight excluding hydrogens is 274 g/mol. The van der Waals surface area contributed by atoms with Crippen LogP contribution >= 0.6 is 11.8 Å². The first-order chi connectivity index (χ1) is 9.83. The van der Waals surface area contributed by atoms with Crippen molar-refractivity contribution in [1.29, 1.82) is 0 Å². The Bertz CT molecular complexity index is 387. The molecule has 0 aliphatic heterocycles. The van der Waals surface area contributed by atoms with Gasteiger partial charge in [0.1, 0.15) is 0 Å². The summed E-state index contributed by atoms with van der Waals surface area (Å²) in [6.07, 6.45) is 6.29. The molecule has 1 N–H and O–H groups in total. The summed E-state index contributed by atoms with van der Waals surface area (Å²) in [5.41, 5.74) is 0. The van der Waals surface area contributed by atoms with Crippen molar-refractivity contribution in [3.63, 3.8) is 0 Å². The Kier molecular flexibility index (Phi) is 6.75. The van der Waals surface area contributed by atoms with Gasteiger partial charge in [-0.15, -0.1) is 5.10 Å². The summed E-state index contributed by atoms with van der Waals surface area (Å²) in [5.74, 6) is 0. The molecule has 6 nitrogen and oxygen atoms in total. The zero-order valence-corrected chi connectivity index (χ0v) is 13.2. The van der Waals surface area contributed by atoms with Crippen molar-refractivity contribution in [3.8, 4) is 0 Å². The van der Waals surface area contributed by atoms with E-state index in [2.05, 4.69) is 27.8 Å². The van der Waals surface area contributed by atoms with E-state index in [0.29, 0.717) is 11.4 Å². The summed E-state index contributed by atoms with van der Waals surface area (Å²) in [6.45, 7) is 4.96. The van der Waals surface area contributed by atoms with Gasteiger partial charge < -0.3 is 10.1 Å². The summed E-state index contributed by atoms with van der Waals surface area (Å²) in [5, 5.41) is 16.9. The Morgan fingerprint density at radius 2 is 2.30 bits per heavy atom. The molecule has 1 fully saturated rings. The third kappa shape index (κ3) is 4.71. The minimum absolute atomic E-state index is 0.400. The van der Waals surface area contributed by atoms with Crippen molar-refractivity contribution >= 4 is 11.8 Å². The second-order valence-corrected chi connectivity index (χ2v) is 6.47. The van der Waals surface area contributed by atoms with E-state index in [0.717, 1.165) is 37.6 Å². The lowest BCUT2D eigenvalue weighted by molar-refractivity contribution is 0.0730. The number of hydrogen-bond acceptors (Lipinski definition) is 6. The number of thioether (sulfide) groups is 1. The Balaban J connectivity index is 1.81. The number of rotatable bonds is 8. The fourth-order valence-corrected chi connectivity index (χ4v) is 3.71. The van der Waals surface area contributed by atoms with Crippen LogP contribution in [0, 0.1) is 0 Å². The number of tetrazole rings is 1. The summed E-state index contributed by atoms with van der Waals surface area (Å²) in [4.78, 5) is 0. The Labute approximate surface area is 125 Å². The lowest BCUT2D eigenvalue weighted by atomic mass is 9.97. The molecule has 20 heavy (non-hydrogen) atoms. The molecule has 0 spiro atoms. The highest BCUT2D eigenvalue weighted by Crippen LogP contribution is 2.33. The molecule has 2 atom stereocenters. The van der Waals surface area contributed by atoms with Crippen LogP contribution in [0.5, 0.6) is 0 Å². The third-order valence-corrected chi connectivity index (χ3v) is 4.87. The Morgan fingerprint density at radius 1 is 1.40 bits per heavy atom. The zero-order valence-electron chi connectivity index (χ0n) is 12.4. The topological polar surface area (TPSA) is 64.9 Å². The van der Waals surface area contributed by atoms with Gasteiger partial charge >= 0.3 is 0 Å². The highest BCUT2D eigenvalue weighted by atomic mass is 32.2. The van der Waals surface area contributed by atoms with Crippen LogP contribution in [0.1, 0.15) is 39.0 Å². The van der Waals surface area contributed by atoms with Crippen LogP contribution in [0.2, 0.25) is 0 Å². The minimum atomic E-state index is 0.400. The molecule has 2 rings (SSSR count). The molecular formula is C13H25N5OS. The molecule has 0 amide bonds. The largest absolute Gasteiger partial charge is 0.381 e. The lowest BCUT2D eigenvalue weighted by Gasteiger charge is -2.27. The van der Waals surface area contributed by atoms with Crippen molar-refractivity contribution in [1.82, 2.24) is 25.5 Å². The molecule has 2 unspecified atom stereocenters. The second kappa shape index (κ2) is 8.59. The maximum absolute atomic E-state index is 5.48. The third-order valence-electron chi connectivity index (χ3n) is 3.61. The zero-order chi connectivity index (χ0) is 14.2. The number of methoxy groups -OCH3 is 1. The van der Waals surface area contributed by atoms with Crippen LogP contribution in [0.15, 0.2) is 5.16 Å². The van der Waals surface area contributed by atoms with E-state index >= 15 is 0 Å². The van der Waals surface area contributed by atoms with Gasteiger partial charge in [-0.1, -0.05) is 18.7 Å². The second-order valence-electron chi connectivity index (χ2n) is 5.20. The first kappa shape index (κ1) is 15.7. The number of hydrogen-bond donors (Lipinski definition) is 1. The average molecular weight is 299 g/mol. The van der Waals surface area contributed by atoms with Crippen LogP contribution in [-0.2, 0) is 11.3 Å². The minimum Gasteiger partial charge on any atom is -0.381 e. The van der Waals surface area contributed by atoms with Crippen molar-refractivity contribution in [2.75, 3.05) is 20.2 Å². The summed E-state index contributed by atoms with van der Waals surface area (Å²) >= 11 is 1.80. The van der Waals surface area contributed by atoms with Crippen LogP contribution < -0.4 is 5.32 Å². The maximum Gasteiger partial charge on any atom is 0.209 e. The fourth-order valence-electron chi connectivity index (χ4n) is 2.48. The van der Waals surface area contributed by atoms with E-state index in [1.54, 1.807) is 18.9 Å². The van der Waals surface area contributed by atoms with Crippen LogP contribution in [0.3, 0.4) is 0 Å². The smallest absolute Gasteiger partial charge is 0.209 e. The highest BCUT2D eigenvalue weighted by molar-refractivity contribution is 7.99. The number of aromatic nitrogens is 4. The molecule has 1 aliphatic carbocycles. The molecule has 1 aromatic heterocycles. The normalized spacial score (nSPS) is 23.1. The van der Waals surface area contributed by atoms with Gasteiger partial charge in [0, 0.05) is 18.9 Å². The molecule has 7 heteroatoms. The maximum atomic E-state index is 5.48. The molecule has 1 aliphatic rings. The van der Waals surface area contributed by atoms with E-state index in [-0.39, 0.29) is 0 Å². The van der Waals surface area contributed by atoms with Gasteiger partial charge in [-0.2, -0.15) is 0 Å². The lowest BCUT2D eigenvalue weighted by Crippen LogP contribution is -2.24. The van der Waals surface area contributed by atoms with Crippen molar-refractivity contribution in [3.05, 3.63) is 0 Å². The van der Waals surface area contributed by atoms with Crippen LogP contribution in [0.4, 0.5) is 0 Å². The van der Waals surface area contributed by atoms with Crippen LogP contribution in [-0.4, -0.2) is 51.8 Å². The van der Waals surface area contributed by atoms with Gasteiger partial charge in [0.2, 0.25) is 5.16 Å². The standard InChI is InChI=1S/C13H25N5OS/c1-3-7-14-8-9-18-13(15-16-17-18)20-12-6-4-5-11(10-12)19-2/h11-12,14H,3-10H2,1-2H3. The van der Waals surface area contributed by atoms with Gasteiger partial charge in [-0.3, -0.25) is 0 Å². The van der Waals surface area contributed by atoms with Gasteiger partial charge in [-0.25, -0.2) is 4.68 Å². The van der Waals surface area contributed by atoms with Gasteiger partial charge in [0.05, 0.1) is 12.6 Å². The SMILES string of the molecule is CCCNCCn1nnnc1SC1CCCC(OC)C1. The quantitative estimate of drug-likeness (QED) is 0.737. The highest BCUT2D eigenvalue weighted by Gasteiger charge is 2.24. The van der Waals surface area contributed by atoms with E-state index < -0.39 is 0 Å². The van der Waals surface area contributed by atoms with E-state index in [1.165, 1.54) is 19.3 Å². The molecule has 114 valence electrons. The van der Waals surface area contributed by atoms with Gasteiger partial charge in [0.25, 0.3) is 0 Å². The average Bonchev–Trinajstić information content (AvgIpc) is 2.91. The summed E-state index contributed by atoms with van der Waals surface area (Å²) in [6, 6.07) is 0. The fraction of sp³-hybridized carbons (Fsp3) is 0.923. The predicted molar refractivity (Wildman–Crippen MR) is 79.9 cm³/mol. The number of nitrogens with zero attached hydrogens (tertiary/aromatic N) is 4. The molecule has 0 saturated heterocycles. The van der Waals surface area contributed by atoms with Crippen LogP contribution in [0.25, 0.3) is 0 Å². The molecule has 1 heterocycles.